The molecular weight excluding hydrogens is 167 g/mol. The molecule has 0 aliphatic carbocycles. The first kappa shape index (κ1) is 9.76. The number of aliphatic hydroxyl groups excluding tert-OH is 1. The van der Waals surface area contributed by atoms with E-state index >= 15 is 0 Å². The van der Waals surface area contributed by atoms with Crippen LogP contribution in [0.15, 0.2) is 18.2 Å². The summed E-state index contributed by atoms with van der Waals surface area (Å²) in [6.07, 6.45) is 0.382. The van der Waals surface area contributed by atoms with Crippen LogP contribution in [0.5, 0.6) is 0 Å². The molecule has 1 N–H and O–H groups in total. The molecule has 1 nitrogen and oxygen atoms in total. The Hall–Kier alpha value is -1.33. The van der Waals surface area contributed by atoms with Gasteiger partial charge in [0.15, 0.2) is 0 Å². The molecule has 0 spiro atoms. The molecule has 0 aliphatic rings. The third-order valence-corrected chi connectivity index (χ3v) is 1.58. The van der Waals surface area contributed by atoms with E-state index in [1.807, 2.05) is 6.92 Å². The average Bonchev–Trinajstić information content (AvgIpc) is 2.11. The van der Waals surface area contributed by atoms with Gasteiger partial charge in [0.25, 0.3) is 0 Å². The van der Waals surface area contributed by atoms with Crippen molar-refractivity contribution in [2.75, 3.05) is 6.61 Å². The minimum Gasteiger partial charge on any atom is -0.395 e. The van der Waals surface area contributed by atoms with Crippen LogP contribution in [-0.4, -0.2) is 11.7 Å². The third-order valence-electron chi connectivity index (χ3n) is 1.58. The first-order valence-electron chi connectivity index (χ1n) is 4.10. The highest BCUT2D eigenvalue weighted by atomic mass is 19.1. The first-order valence-corrected chi connectivity index (χ1v) is 4.10. The summed E-state index contributed by atoms with van der Waals surface area (Å²) in [5.74, 6) is 5.04. The molecule has 0 saturated carbocycles. The lowest BCUT2D eigenvalue weighted by Crippen LogP contribution is -1.85. The van der Waals surface area contributed by atoms with Crippen LogP contribution in [-0.2, 0) is 0 Å². The minimum absolute atomic E-state index is 0.0143. The summed E-state index contributed by atoms with van der Waals surface area (Å²) in [4.78, 5) is 0. The highest BCUT2D eigenvalue weighted by molar-refractivity contribution is 5.37. The summed E-state index contributed by atoms with van der Waals surface area (Å²) in [7, 11) is 0. The van der Waals surface area contributed by atoms with E-state index < -0.39 is 0 Å². The molecule has 0 saturated heterocycles. The van der Waals surface area contributed by atoms with Crippen molar-refractivity contribution in [3.05, 3.63) is 35.1 Å². The molecule has 0 unspecified atom stereocenters. The molecule has 0 aliphatic heterocycles. The van der Waals surface area contributed by atoms with Gasteiger partial charge in [-0.05, 0) is 24.6 Å². The molecule has 0 radical (unpaired) electrons. The van der Waals surface area contributed by atoms with Gasteiger partial charge in [-0.2, -0.15) is 0 Å². The Morgan fingerprint density at radius 1 is 1.46 bits per heavy atom. The number of rotatable bonds is 1. The number of hydrogen-bond acceptors (Lipinski definition) is 1. The van der Waals surface area contributed by atoms with E-state index in [0.29, 0.717) is 12.0 Å². The van der Waals surface area contributed by atoms with Crippen molar-refractivity contribution >= 4 is 0 Å². The molecule has 0 aromatic heterocycles. The van der Waals surface area contributed by atoms with Crippen molar-refractivity contribution in [1.82, 2.24) is 0 Å². The molecule has 13 heavy (non-hydrogen) atoms. The Balaban J connectivity index is 2.89. The van der Waals surface area contributed by atoms with Gasteiger partial charge in [-0.25, -0.2) is 4.39 Å². The summed E-state index contributed by atoms with van der Waals surface area (Å²) >= 11 is 0. The second-order valence-electron chi connectivity index (χ2n) is 2.76. The van der Waals surface area contributed by atoms with Crippen molar-refractivity contribution in [3.8, 4) is 11.8 Å². The molecule has 0 atom stereocenters. The summed E-state index contributed by atoms with van der Waals surface area (Å²) in [5.41, 5.74) is 1.38. The predicted octanol–water partition coefficient (Wildman–Crippen LogP) is 1.87. The van der Waals surface area contributed by atoms with Gasteiger partial charge in [0.1, 0.15) is 5.82 Å². The molecule has 1 aromatic carbocycles. The second kappa shape index (κ2) is 4.64. The molecule has 68 valence electrons. The lowest BCUT2D eigenvalue weighted by molar-refractivity contribution is 0.305. The largest absolute Gasteiger partial charge is 0.395 e. The van der Waals surface area contributed by atoms with Crippen LogP contribution in [0, 0.1) is 24.6 Å². The maximum absolute atomic E-state index is 13.0. The molecule has 1 rings (SSSR count). The second-order valence-corrected chi connectivity index (χ2v) is 2.76. The maximum atomic E-state index is 13.0. The van der Waals surface area contributed by atoms with Crippen LogP contribution >= 0.6 is 0 Å². The fourth-order valence-corrected chi connectivity index (χ4v) is 0.949. The topological polar surface area (TPSA) is 20.2 Å². The number of benzene rings is 1. The van der Waals surface area contributed by atoms with Crippen molar-refractivity contribution in [2.24, 2.45) is 0 Å². The van der Waals surface area contributed by atoms with E-state index in [0.717, 1.165) is 5.56 Å². The monoisotopic (exact) mass is 178 g/mol. The standard InChI is InChI=1S/C11H11FO/c1-9-5-6-11(12)10(8-9)4-2-3-7-13/h5-6,8,13H,3,7H2,1H3. The van der Waals surface area contributed by atoms with Crippen molar-refractivity contribution in [2.45, 2.75) is 13.3 Å². The van der Waals surface area contributed by atoms with Crippen LogP contribution < -0.4 is 0 Å². The summed E-state index contributed by atoms with van der Waals surface area (Å²) in [6.45, 7) is 1.90. The van der Waals surface area contributed by atoms with E-state index in [-0.39, 0.29) is 12.4 Å². The van der Waals surface area contributed by atoms with Gasteiger partial charge in [-0.15, -0.1) is 0 Å². The summed E-state index contributed by atoms with van der Waals surface area (Å²) in [5, 5.41) is 8.47. The fourth-order valence-electron chi connectivity index (χ4n) is 0.949. The van der Waals surface area contributed by atoms with Gasteiger partial charge >= 0.3 is 0 Å². The van der Waals surface area contributed by atoms with Gasteiger partial charge in [0, 0.05) is 6.42 Å². The fraction of sp³-hybridized carbons (Fsp3) is 0.273. The van der Waals surface area contributed by atoms with Crippen molar-refractivity contribution in [3.63, 3.8) is 0 Å². The van der Waals surface area contributed by atoms with Crippen LogP contribution in [0.3, 0.4) is 0 Å². The van der Waals surface area contributed by atoms with Crippen molar-refractivity contribution < 1.29 is 9.50 Å². The van der Waals surface area contributed by atoms with E-state index in [1.165, 1.54) is 6.07 Å². The normalized spacial score (nSPS) is 9.15. The molecule has 2 heteroatoms. The van der Waals surface area contributed by atoms with Gasteiger partial charge in [0.05, 0.1) is 12.2 Å². The Morgan fingerprint density at radius 2 is 2.23 bits per heavy atom. The van der Waals surface area contributed by atoms with E-state index in [9.17, 15) is 4.39 Å². The average molecular weight is 178 g/mol. The number of hydrogen-bond donors (Lipinski definition) is 1. The third kappa shape index (κ3) is 2.89. The summed E-state index contributed by atoms with van der Waals surface area (Å²) < 4.78 is 13.0. The van der Waals surface area contributed by atoms with Crippen LogP contribution in [0.25, 0.3) is 0 Å². The van der Waals surface area contributed by atoms with Gasteiger partial charge in [-0.1, -0.05) is 17.9 Å². The smallest absolute Gasteiger partial charge is 0.138 e. The van der Waals surface area contributed by atoms with E-state index in [2.05, 4.69) is 11.8 Å². The summed E-state index contributed by atoms with van der Waals surface area (Å²) in [6, 6.07) is 4.80. The zero-order valence-corrected chi connectivity index (χ0v) is 7.47. The van der Waals surface area contributed by atoms with E-state index in [1.54, 1.807) is 12.1 Å². The highest BCUT2D eigenvalue weighted by Gasteiger charge is 1.97. The quantitative estimate of drug-likeness (QED) is 0.651. The van der Waals surface area contributed by atoms with Crippen LogP contribution in [0.2, 0.25) is 0 Å². The molecule has 1 aromatic rings. The molecule has 0 amide bonds. The minimum atomic E-state index is -0.309. The Labute approximate surface area is 77.2 Å². The Morgan fingerprint density at radius 3 is 2.92 bits per heavy atom. The van der Waals surface area contributed by atoms with Crippen molar-refractivity contribution in [1.29, 1.82) is 0 Å². The molecular formula is C11H11FO. The molecule has 0 heterocycles. The Kier molecular flexibility index (Phi) is 3.48. The SMILES string of the molecule is Cc1ccc(F)c(C#CCCO)c1. The van der Waals surface area contributed by atoms with Crippen LogP contribution in [0.1, 0.15) is 17.5 Å². The lowest BCUT2D eigenvalue weighted by atomic mass is 10.1. The zero-order chi connectivity index (χ0) is 9.68. The van der Waals surface area contributed by atoms with Gasteiger partial charge < -0.3 is 5.11 Å². The molecule has 0 fully saturated rings. The van der Waals surface area contributed by atoms with Gasteiger partial charge in [0.2, 0.25) is 0 Å². The van der Waals surface area contributed by atoms with Crippen LogP contribution in [0.4, 0.5) is 4.39 Å². The van der Waals surface area contributed by atoms with Gasteiger partial charge in [-0.3, -0.25) is 0 Å². The highest BCUT2D eigenvalue weighted by Crippen LogP contribution is 2.08. The zero-order valence-electron chi connectivity index (χ0n) is 7.47. The first-order chi connectivity index (χ1) is 6.24. The molecule has 0 bridgehead atoms. The van der Waals surface area contributed by atoms with E-state index in [4.69, 9.17) is 5.11 Å². The maximum Gasteiger partial charge on any atom is 0.138 e. The number of aryl methyl sites for hydroxylation is 1. The Bertz CT molecular complexity index is 347. The number of halogens is 1. The number of aliphatic hydroxyl groups is 1. The predicted molar refractivity (Wildman–Crippen MR) is 49.7 cm³/mol. The lowest BCUT2D eigenvalue weighted by Gasteiger charge is -1.95.